The van der Waals surface area contributed by atoms with Crippen LogP contribution < -0.4 is 0 Å². The fourth-order valence-electron chi connectivity index (χ4n) is 1.01. The second-order valence-electron chi connectivity index (χ2n) is 2.29. The maximum Gasteiger partial charge on any atom is 0.105 e. The molecule has 0 bridgehead atoms. The van der Waals surface area contributed by atoms with Crippen LogP contribution in [0.25, 0.3) is 10.9 Å². The van der Waals surface area contributed by atoms with E-state index < -0.39 is 0 Å². The second kappa shape index (κ2) is 3.26. The number of hydrogen-bond acceptors (Lipinski definition) is 1. The molecule has 0 spiro atoms. The summed E-state index contributed by atoms with van der Waals surface area (Å²) in [4.78, 5) is 0. The summed E-state index contributed by atoms with van der Waals surface area (Å²) in [6.07, 6.45) is 0. The Hall–Kier alpha value is 0.380. The van der Waals surface area contributed by atoms with Gasteiger partial charge in [0.2, 0.25) is 0 Å². The molecule has 1 aromatic heterocycles. The summed E-state index contributed by atoms with van der Waals surface area (Å²) in [5.41, 5.74) is 0.981. The van der Waals surface area contributed by atoms with Crippen molar-refractivity contribution in [3.8, 4) is 0 Å². The van der Waals surface area contributed by atoms with Crippen molar-refractivity contribution in [3.63, 3.8) is 0 Å². The first-order valence-corrected chi connectivity index (χ1v) is 5.84. The van der Waals surface area contributed by atoms with Crippen LogP contribution in [0.1, 0.15) is 0 Å². The summed E-state index contributed by atoms with van der Waals surface area (Å²) in [7, 11) is 0. The Morgan fingerprint density at radius 1 is 1.33 bits per heavy atom. The van der Waals surface area contributed by atoms with Gasteiger partial charge in [0.15, 0.2) is 0 Å². The van der Waals surface area contributed by atoms with E-state index in [9.17, 15) is 0 Å². The van der Waals surface area contributed by atoms with Gasteiger partial charge in [-0.25, -0.2) is 0 Å². The van der Waals surface area contributed by atoms with Crippen molar-refractivity contribution >= 4 is 65.4 Å². The molecular formula is C7H3Br2IN2. The van der Waals surface area contributed by atoms with Gasteiger partial charge in [-0.2, -0.15) is 5.10 Å². The fourth-order valence-corrected chi connectivity index (χ4v) is 2.91. The molecule has 2 rings (SSSR count). The number of H-pyrrole nitrogens is 1. The Bertz CT molecular complexity index is 438. The van der Waals surface area contributed by atoms with Gasteiger partial charge in [0.05, 0.1) is 5.52 Å². The molecule has 62 valence electrons. The number of aromatic nitrogens is 2. The Morgan fingerprint density at radius 3 is 2.83 bits per heavy atom. The highest BCUT2D eigenvalue weighted by Gasteiger charge is 2.08. The van der Waals surface area contributed by atoms with Gasteiger partial charge in [-0.3, -0.25) is 5.10 Å². The molecular weight excluding hydrogens is 399 g/mol. The minimum atomic E-state index is 0.981. The van der Waals surface area contributed by atoms with Gasteiger partial charge in [-0.15, -0.1) is 0 Å². The summed E-state index contributed by atoms with van der Waals surface area (Å²) in [6.45, 7) is 0. The smallest absolute Gasteiger partial charge is 0.105 e. The molecule has 0 saturated carbocycles. The zero-order valence-corrected chi connectivity index (χ0v) is 11.1. The van der Waals surface area contributed by atoms with E-state index in [0.29, 0.717) is 0 Å². The summed E-state index contributed by atoms with van der Waals surface area (Å²) in [5, 5.41) is 8.20. The van der Waals surface area contributed by atoms with Gasteiger partial charge in [0.1, 0.15) is 3.70 Å². The zero-order chi connectivity index (χ0) is 8.72. The number of hydrogen-bond donors (Lipinski definition) is 1. The molecule has 0 fully saturated rings. The van der Waals surface area contributed by atoms with Crippen LogP contribution in [0.3, 0.4) is 0 Å². The van der Waals surface area contributed by atoms with E-state index in [0.717, 1.165) is 23.5 Å². The molecule has 5 heteroatoms. The molecule has 0 aliphatic rings. The molecule has 0 aliphatic carbocycles. The third kappa shape index (κ3) is 1.31. The summed E-state index contributed by atoms with van der Waals surface area (Å²) < 4.78 is 3.16. The van der Waals surface area contributed by atoms with E-state index in [1.165, 1.54) is 0 Å². The molecule has 2 aromatic rings. The fraction of sp³-hybridized carbons (Fsp3) is 0. The monoisotopic (exact) mass is 400 g/mol. The summed E-state index contributed by atoms with van der Waals surface area (Å²) in [5.74, 6) is 0. The molecule has 1 aromatic carbocycles. The molecule has 0 amide bonds. The molecule has 1 N–H and O–H groups in total. The van der Waals surface area contributed by atoms with E-state index in [1.807, 2.05) is 12.1 Å². The predicted molar refractivity (Wildman–Crippen MR) is 64.2 cm³/mol. The van der Waals surface area contributed by atoms with Crippen LogP contribution in [-0.2, 0) is 0 Å². The zero-order valence-electron chi connectivity index (χ0n) is 5.74. The van der Waals surface area contributed by atoms with Crippen molar-refractivity contribution in [2.24, 2.45) is 0 Å². The third-order valence-corrected chi connectivity index (χ3v) is 4.36. The highest BCUT2D eigenvalue weighted by atomic mass is 127. The van der Waals surface area contributed by atoms with Crippen molar-refractivity contribution in [1.82, 2.24) is 10.2 Å². The largest absolute Gasteiger partial charge is 0.271 e. The minimum Gasteiger partial charge on any atom is -0.271 e. The first-order chi connectivity index (χ1) is 5.70. The lowest BCUT2D eigenvalue weighted by Crippen LogP contribution is -1.74. The topological polar surface area (TPSA) is 28.7 Å². The van der Waals surface area contributed by atoms with E-state index in [2.05, 4.69) is 64.6 Å². The lowest BCUT2D eigenvalue weighted by atomic mass is 10.3. The first-order valence-electron chi connectivity index (χ1n) is 3.17. The molecule has 0 radical (unpaired) electrons. The summed E-state index contributed by atoms with van der Waals surface area (Å²) in [6, 6.07) is 3.95. The Kier molecular flexibility index (Phi) is 2.44. The minimum absolute atomic E-state index is 0.981. The Morgan fingerprint density at radius 2 is 2.08 bits per heavy atom. The summed E-state index contributed by atoms with van der Waals surface area (Å²) >= 11 is 9.17. The van der Waals surface area contributed by atoms with Gasteiger partial charge in [-0.05, 0) is 66.6 Å². The van der Waals surface area contributed by atoms with E-state index in [4.69, 9.17) is 0 Å². The quantitative estimate of drug-likeness (QED) is 0.670. The second-order valence-corrected chi connectivity index (χ2v) is 5.02. The third-order valence-electron chi connectivity index (χ3n) is 1.57. The molecule has 0 saturated heterocycles. The average Bonchev–Trinajstić information content (AvgIpc) is 2.41. The first kappa shape index (κ1) is 8.96. The molecule has 1 heterocycles. The van der Waals surface area contributed by atoms with Gasteiger partial charge in [-0.1, -0.05) is 0 Å². The van der Waals surface area contributed by atoms with Crippen LogP contribution in [-0.4, -0.2) is 10.2 Å². The van der Waals surface area contributed by atoms with Crippen molar-refractivity contribution in [2.45, 2.75) is 0 Å². The van der Waals surface area contributed by atoms with Crippen molar-refractivity contribution in [1.29, 1.82) is 0 Å². The number of benzene rings is 1. The van der Waals surface area contributed by atoms with E-state index in [1.54, 1.807) is 0 Å². The van der Waals surface area contributed by atoms with Crippen LogP contribution in [0.2, 0.25) is 0 Å². The molecule has 12 heavy (non-hydrogen) atoms. The predicted octanol–water partition coefficient (Wildman–Crippen LogP) is 3.69. The highest BCUT2D eigenvalue weighted by molar-refractivity contribution is 14.1. The van der Waals surface area contributed by atoms with Crippen molar-refractivity contribution in [2.75, 3.05) is 0 Å². The van der Waals surface area contributed by atoms with Gasteiger partial charge < -0.3 is 0 Å². The Labute approximate surface area is 99.5 Å². The van der Waals surface area contributed by atoms with Crippen LogP contribution in [0, 0.1) is 3.70 Å². The SMILES string of the molecule is Brc1ccc2n[nH]c(I)c2c1Br. The van der Waals surface area contributed by atoms with Crippen molar-refractivity contribution in [3.05, 3.63) is 24.8 Å². The van der Waals surface area contributed by atoms with E-state index >= 15 is 0 Å². The number of rotatable bonds is 0. The number of nitrogens with zero attached hydrogens (tertiary/aromatic N) is 1. The maximum absolute atomic E-state index is 4.14. The van der Waals surface area contributed by atoms with Crippen molar-refractivity contribution < 1.29 is 0 Å². The highest BCUT2D eigenvalue weighted by Crippen LogP contribution is 2.32. The van der Waals surface area contributed by atoms with E-state index in [-0.39, 0.29) is 0 Å². The molecule has 0 unspecified atom stereocenters. The lowest BCUT2D eigenvalue weighted by Gasteiger charge is -1.96. The average molecular weight is 402 g/mol. The van der Waals surface area contributed by atoms with Gasteiger partial charge >= 0.3 is 0 Å². The standard InChI is InChI=1S/C7H3Br2IN2/c8-3-1-2-4-5(6(3)9)7(10)12-11-4/h1-2H,(H,11,12). The van der Waals surface area contributed by atoms with Crippen LogP contribution in [0.4, 0.5) is 0 Å². The number of aromatic amines is 1. The molecule has 0 aliphatic heterocycles. The Balaban J connectivity index is 2.96. The molecule has 0 atom stereocenters. The van der Waals surface area contributed by atoms with Gasteiger partial charge in [0, 0.05) is 14.3 Å². The van der Waals surface area contributed by atoms with Crippen LogP contribution in [0.5, 0.6) is 0 Å². The molecule has 2 nitrogen and oxygen atoms in total. The number of halogens is 3. The normalized spacial score (nSPS) is 10.9. The number of nitrogens with one attached hydrogen (secondary N) is 1. The van der Waals surface area contributed by atoms with Gasteiger partial charge in [0.25, 0.3) is 0 Å². The van der Waals surface area contributed by atoms with Crippen LogP contribution >= 0.6 is 54.5 Å². The maximum atomic E-state index is 4.14. The number of fused-ring (bicyclic) bond motifs is 1. The lowest BCUT2D eigenvalue weighted by molar-refractivity contribution is 1.09. The van der Waals surface area contributed by atoms with Crippen LogP contribution in [0.15, 0.2) is 21.1 Å².